The third-order valence-electron chi connectivity index (χ3n) is 4.39. The first-order valence-corrected chi connectivity index (χ1v) is 10.1. The summed E-state index contributed by atoms with van der Waals surface area (Å²) in [6, 6.07) is 7.92. The molecule has 27 heavy (non-hydrogen) atoms. The van der Waals surface area contributed by atoms with Crippen molar-refractivity contribution in [2.75, 3.05) is 13.1 Å². The summed E-state index contributed by atoms with van der Waals surface area (Å²) in [5.41, 5.74) is 1.45. The number of piperidine rings is 1. The molecule has 7 heteroatoms. The third-order valence-corrected chi connectivity index (χ3v) is 5.28. The number of nitrogens with zero attached hydrogens (tertiary/aromatic N) is 2. The van der Waals surface area contributed by atoms with Crippen LogP contribution in [0.15, 0.2) is 29.6 Å². The van der Waals surface area contributed by atoms with Gasteiger partial charge in [0.05, 0.1) is 6.10 Å². The maximum Gasteiger partial charge on any atom is 0.273 e. The minimum atomic E-state index is -0.0430. The Morgan fingerprint density at radius 2 is 1.89 bits per heavy atom. The molecule has 1 N–H and O–H groups in total. The lowest BCUT2D eigenvalue weighted by molar-refractivity contribution is -0.119. The van der Waals surface area contributed by atoms with Gasteiger partial charge in [-0.25, -0.2) is 4.98 Å². The summed E-state index contributed by atoms with van der Waals surface area (Å²) in [6.07, 6.45) is 1.69. The van der Waals surface area contributed by atoms with E-state index in [1.165, 1.54) is 18.3 Å². The van der Waals surface area contributed by atoms with Crippen LogP contribution in [0, 0.1) is 0 Å². The van der Waals surface area contributed by atoms with E-state index in [9.17, 15) is 9.59 Å². The molecule has 1 aliphatic rings. The van der Waals surface area contributed by atoms with Gasteiger partial charge in [-0.1, -0.05) is 0 Å². The number of hydrogen-bond donors (Lipinski definition) is 1. The first-order valence-electron chi connectivity index (χ1n) is 9.21. The number of carbonyl (C=O) groups is 2. The summed E-state index contributed by atoms with van der Waals surface area (Å²) in [5.74, 6) is 0.760. The highest BCUT2D eigenvalue weighted by molar-refractivity contribution is 7.13. The number of ether oxygens (including phenoxy) is 1. The van der Waals surface area contributed by atoms with Gasteiger partial charge in [0.25, 0.3) is 5.91 Å². The van der Waals surface area contributed by atoms with Crippen molar-refractivity contribution >= 4 is 23.2 Å². The van der Waals surface area contributed by atoms with Crippen LogP contribution in [0.1, 0.15) is 44.1 Å². The summed E-state index contributed by atoms with van der Waals surface area (Å²) in [6.45, 7) is 6.78. The lowest BCUT2D eigenvalue weighted by Crippen LogP contribution is -2.46. The van der Waals surface area contributed by atoms with Crippen LogP contribution in [0.2, 0.25) is 0 Å². The Kier molecular flexibility index (Phi) is 6.11. The SMILES string of the molecule is CC(=O)NC1CCN(C(=O)c2csc(-c3ccc(OC(C)C)cc3)n2)CC1. The van der Waals surface area contributed by atoms with Crippen molar-refractivity contribution in [2.24, 2.45) is 0 Å². The largest absolute Gasteiger partial charge is 0.491 e. The van der Waals surface area contributed by atoms with Gasteiger partial charge in [0.1, 0.15) is 16.5 Å². The van der Waals surface area contributed by atoms with E-state index in [4.69, 9.17) is 4.74 Å². The number of carbonyl (C=O) groups excluding carboxylic acids is 2. The monoisotopic (exact) mass is 387 g/mol. The number of nitrogens with one attached hydrogen (secondary N) is 1. The molecule has 0 unspecified atom stereocenters. The number of amides is 2. The summed E-state index contributed by atoms with van der Waals surface area (Å²) in [5, 5.41) is 5.56. The predicted molar refractivity (Wildman–Crippen MR) is 106 cm³/mol. The second-order valence-corrected chi connectivity index (χ2v) is 7.85. The van der Waals surface area contributed by atoms with E-state index in [-0.39, 0.29) is 24.0 Å². The number of aromatic nitrogens is 1. The van der Waals surface area contributed by atoms with Crippen molar-refractivity contribution in [2.45, 2.75) is 45.8 Å². The summed E-state index contributed by atoms with van der Waals surface area (Å²) < 4.78 is 5.66. The van der Waals surface area contributed by atoms with Crippen molar-refractivity contribution in [3.63, 3.8) is 0 Å². The zero-order valence-corrected chi connectivity index (χ0v) is 16.7. The highest BCUT2D eigenvalue weighted by Crippen LogP contribution is 2.27. The van der Waals surface area contributed by atoms with Crippen LogP contribution in [0.5, 0.6) is 5.75 Å². The number of likely N-dealkylation sites (tertiary alicyclic amines) is 1. The van der Waals surface area contributed by atoms with Gasteiger partial charge in [-0.15, -0.1) is 11.3 Å². The van der Waals surface area contributed by atoms with E-state index in [1.807, 2.05) is 48.4 Å². The molecule has 2 amide bonds. The van der Waals surface area contributed by atoms with Gasteiger partial charge < -0.3 is 15.0 Å². The Hall–Kier alpha value is -2.41. The maximum atomic E-state index is 12.7. The molecule has 3 rings (SSSR count). The fraction of sp³-hybridized carbons (Fsp3) is 0.450. The molecule has 1 aliphatic heterocycles. The molecule has 0 bridgehead atoms. The second kappa shape index (κ2) is 8.52. The van der Waals surface area contributed by atoms with Crippen molar-refractivity contribution in [1.82, 2.24) is 15.2 Å². The van der Waals surface area contributed by atoms with Crippen molar-refractivity contribution in [3.8, 4) is 16.3 Å². The second-order valence-electron chi connectivity index (χ2n) is 7.00. The standard InChI is InChI=1S/C20H25N3O3S/c1-13(2)26-17-6-4-15(5-7-17)19-22-18(12-27-19)20(25)23-10-8-16(9-11-23)21-14(3)24/h4-7,12-13,16H,8-11H2,1-3H3,(H,21,24). The first kappa shape index (κ1) is 19.4. The minimum absolute atomic E-state index is 0.0197. The van der Waals surface area contributed by atoms with E-state index in [0.29, 0.717) is 18.8 Å². The van der Waals surface area contributed by atoms with Gasteiger partial charge >= 0.3 is 0 Å². The van der Waals surface area contributed by atoms with E-state index in [0.717, 1.165) is 29.2 Å². The van der Waals surface area contributed by atoms with Gasteiger partial charge in [-0.2, -0.15) is 0 Å². The minimum Gasteiger partial charge on any atom is -0.491 e. The molecule has 6 nitrogen and oxygen atoms in total. The fourth-order valence-electron chi connectivity index (χ4n) is 3.13. The molecule has 144 valence electrons. The average molecular weight is 388 g/mol. The molecule has 0 spiro atoms. The van der Waals surface area contributed by atoms with Crippen LogP contribution in [0.3, 0.4) is 0 Å². The van der Waals surface area contributed by atoms with Crippen molar-refractivity contribution in [3.05, 3.63) is 35.3 Å². The number of benzene rings is 1. The van der Waals surface area contributed by atoms with E-state index < -0.39 is 0 Å². The van der Waals surface area contributed by atoms with Crippen LogP contribution in [-0.2, 0) is 4.79 Å². The molecule has 0 atom stereocenters. The lowest BCUT2D eigenvalue weighted by atomic mass is 10.0. The Morgan fingerprint density at radius 1 is 1.22 bits per heavy atom. The molecule has 0 aliphatic carbocycles. The molecular weight excluding hydrogens is 362 g/mol. The normalized spacial score (nSPS) is 15.0. The van der Waals surface area contributed by atoms with Crippen molar-refractivity contribution in [1.29, 1.82) is 0 Å². The van der Waals surface area contributed by atoms with Gasteiger partial charge in [0.15, 0.2) is 0 Å². The number of rotatable bonds is 5. The molecular formula is C20H25N3O3S. The van der Waals surface area contributed by atoms with Crippen molar-refractivity contribution < 1.29 is 14.3 Å². The lowest BCUT2D eigenvalue weighted by Gasteiger charge is -2.31. The predicted octanol–water partition coefficient (Wildman–Crippen LogP) is 3.34. The average Bonchev–Trinajstić information content (AvgIpc) is 3.11. The van der Waals surface area contributed by atoms with Crippen LogP contribution in [0.25, 0.3) is 10.6 Å². The zero-order valence-electron chi connectivity index (χ0n) is 15.9. The quantitative estimate of drug-likeness (QED) is 0.854. The van der Waals surface area contributed by atoms with Crippen LogP contribution < -0.4 is 10.1 Å². The molecule has 0 saturated carbocycles. The Labute approximate surface area is 163 Å². The van der Waals surface area contributed by atoms with E-state index >= 15 is 0 Å². The van der Waals surface area contributed by atoms with Crippen LogP contribution >= 0.6 is 11.3 Å². The Balaban J connectivity index is 1.62. The first-order chi connectivity index (χ1) is 12.9. The summed E-state index contributed by atoms with van der Waals surface area (Å²) in [4.78, 5) is 30.2. The Bertz CT molecular complexity index is 793. The third kappa shape index (κ3) is 5.07. The van der Waals surface area contributed by atoms with E-state index in [1.54, 1.807) is 0 Å². The van der Waals surface area contributed by atoms with Gasteiger partial charge in [0.2, 0.25) is 5.91 Å². The number of thiazole rings is 1. The molecule has 1 saturated heterocycles. The molecule has 0 radical (unpaired) electrons. The Morgan fingerprint density at radius 3 is 2.48 bits per heavy atom. The molecule has 1 fully saturated rings. The van der Waals surface area contributed by atoms with Crippen LogP contribution in [-0.4, -0.2) is 46.9 Å². The van der Waals surface area contributed by atoms with Crippen LogP contribution in [0.4, 0.5) is 0 Å². The highest BCUT2D eigenvalue weighted by Gasteiger charge is 2.25. The van der Waals surface area contributed by atoms with Gasteiger partial charge in [-0.05, 0) is 51.0 Å². The van der Waals surface area contributed by atoms with E-state index in [2.05, 4.69) is 10.3 Å². The zero-order chi connectivity index (χ0) is 19.4. The maximum absolute atomic E-state index is 12.7. The van der Waals surface area contributed by atoms with Gasteiger partial charge in [0, 0.05) is 37.0 Å². The topological polar surface area (TPSA) is 71.5 Å². The summed E-state index contributed by atoms with van der Waals surface area (Å²) in [7, 11) is 0. The molecule has 1 aromatic carbocycles. The number of hydrogen-bond acceptors (Lipinski definition) is 5. The molecule has 2 aromatic rings. The smallest absolute Gasteiger partial charge is 0.273 e. The molecule has 1 aromatic heterocycles. The molecule has 2 heterocycles. The van der Waals surface area contributed by atoms with Gasteiger partial charge in [-0.3, -0.25) is 9.59 Å². The summed E-state index contributed by atoms with van der Waals surface area (Å²) >= 11 is 1.47. The highest BCUT2D eigenvalue weighted by atomic mass is 32.1. The fourth-order valence-corrected chi connectivity index (χ4v) is 3.93.